The molecule has 9 heteroatoms. The van der Waals surface area contributed by atoms with Crippen molar-refractivity contribution < 1.29 is 22.2 Å². The van der Waals surface area contributed by atoms with Crippen molar-refractivity contribution in [1.29, 1.82) is 0 Å². The van der Waals surface area contributed by atoms with Gasteiger partial charge in [0.2, 0.25) is 0 Å². The van der Waals surface area contributed by atoms with E-state index in [0.717, 1.165) is 0 Å². The van der Waals surface area contributed by atoms with Gasteiger partial charge in [0.15, 0.2) is 26.4 Å². The fraction of sp³-hybridized carbons (Fsp3) is 0.769. The van der Waals surface area contributed by atoms with Crippen LogP contribution in [0, 0.1) is 0 Å². The molecule has 22 heavy (non-hydrogen) atoms. The molecule has 0 aliphatic carbocycles. The van der Waals surface area contributed by atoms with E-state index in [4.69, 9.17) is 17.4 Å². The molecule has 0 spiro atoms. The zero-order valence-electron chi connectivity index (χ0n) is 15.4. The summed E-state index contributed by atoms with van der Waals surface area (Å²) < 4.78 is 24.0. The van der Waals surface area contributed by atoms with E-state index in [2.05, 4.69) is 52.4 Å². The summed E-state index contributed by atoms with van der Waals surface area (Å²) >= 11 is 0. The predicted molar refractivity (Wildman–Crippen MR) is 101 cm³/mol. The average Bonchev–Trinajstić information content (AvgIpc) is 2.29. The molecule has 0 fully saturated rings. The van der Waals surface area contributed by atoms with E-state index in [9.17, 15) is 4.79 Å². The molecule has 0 aromatic carbocycles. The van der Waals surface area contributed by atoms with Crippen molar-refractivity contribution in [1.82, 2.24) is 0 Å². The molecule has 5 nitrogen and oxygen atoms in total. The summed E-state index contributed by atoms with van der Waals surface area (Å²) in [7, 11) is -7.04. The van der Waals surface area contributed by atoms with Gasteiger partial charge in [0.05, 0.1) is 6.23 Å². The van der Waals surface area contributed by atoms with E-state index < -0.39 is 40.9 Å². The summed E-state index contributed by atoms with van der Waals surface area (Å²) in [6.07, 6.45) is 0.607. The number of esters is 1. The summed E-state index contributed by atoms with van der Waals surface area (Å²) in [5.41, 5.74) is 0.384. The van der Waals surface area contributed by atoms with Crippen molar-refractivity contribution in [2.75, 3.05) is 12.5 Å². The molecule has 0 heterocycles. The van der Waals surface area contributed by atoms with E-state index in [1.54, 1.807) is 6.92 Å². The zero-order chi connectivity index (χ0) is 17.6. The SMILES string of the molecule is C=C(C)C(=O)OC[Si](CO[SiH2]C)(O[Si](C)(C)C)O[Si](C)(C)C. The normalized spacial score (nSPS) is 13.6. The van der Waals surface area contributed by atoms with E-state index in [-0.39, 0.29) is 6.23 Å². The Morgan fingerprint density at radius 1 is 1.00 bits per heavy atom. The highest BCUT2D eigenvalue weighted by molar-refractivity contribution is 6.88. The molecule has 0 bridgehead atoms. The third-order valence-electron chi connectivity index (χ3n) is 2.28. The Labute approximate surface area is 140 Å². The fourth-order valence-corrected chi connectivity index (χ4v) is 14.8. The van der Waals surface area contributed by atoms with Crippen LogP contribution in [0.3, 0.4) is 0 Å². The molecule has 0 atom stereocenters. The van der Waals surface area contributed by atoms with Gasteiger partial charge in [0, 0.05) is 5.57 Å². The van der Waals surface area contributed by atoms with Crippen molar-refractivity contribution in [3.05, 3.63) is 12.2 Å². The molecular formula is C13H32O5Si4. The van der Waals surface area contributed by atoms with Gasteiger partial charge in [-0.2, -0.15) is 0 Å². The second-order valence-corrected chi connectivity index (χ2v) is 20.8. The fourth-order valence-electron chi connectivity index (χ4n) is 1.85. The molecule has 0 aromatic heterocycles. The first-order chi connectivity index (χ1) is 9.80. The van der Waals surface area contributed by atoms with Gasteiger partial charge in [-0.15, -0.1) is 0 Å². The van der Waals surface area contributed by atoms with Crippen LogP contribution in [0.25, 0.3) is 0 Å². The van der Waals surface area contributed by atoms with E-state index in [1.807, 2.05) is 0 Å². The summed E-state index contributed by atoms with van der Waals surface area (Å²) in [6.45, 7) is 20.0. The third-order valence-corrected chi connectivity index (χ3v) is 12.4. The number of hydrogen-bond acceptors (Lipinski definition) is 5. The minimum atomic E-state index is -2.74. The van der Waals surface area contributed by atoms with Crippen LogP contribution in [0.1, 0.15) is 6.92 Å². The van der Waals surface area contributed by atoms with Gasteiger partial charge in [0.1, 0.15) is 6.23 Å². The second kappa shape index (κ2) is 8.71. The van der Waals surface area contributed by atoms with Gasteiger partial charge < -0.3 is 17.4 Å². The topological polar surface area (TPSA) is 54.0 Å². The molecule has 130 valence electrons. The quantitative estimate of drug-likeness (QED) is 0.331. The molecule has 0 aliphatic heterocycles. The van der Waals surface area contributed by atoms with Gasteiger partial charge in [0.25, 0.3) is 0 Å². The van der Waals surface area contributed by atoms with Crippen LogP contribution < -0.4 is 0 Å². The molecule has 0 saturated heterocycles. The summed E-state index contributed by atoms with van der Waals surface area (Å²) in [6, 6.07) is 0. The van der Waals surface area contributed by atoms with Gasteiger partial charge >= 0.3 is 14.5 Å². The Bertz CT molecular complexity index is 371. The van der Waals surface area contributed by atoms with Crippen molar-refractivity contribution in [3.63, 3.8) is 0 Å². The number of ether oxygens (including phenoxy) is 1. The first kappa shape index (κ1) is 22.0. The minimum absolute atomic E-state index is 0.168. The molecule has 0 saturated carbocycles. The highest BCUT2D eigenvalue weighted by Crippen LogP contribution is 2.22. The van der Waals surface area contributed by atoms with Crippen LogP contribution in [0.4, 0.5) is 0 Å². The Hall–Kier alpha value is -0.0425. The second-order valence-electron chi connectivity index (χ2n) is 7.33. The number of carbonyl (C=O) groups is 1. The molecule has 0 unspecified atom stereocenters. The standard InChI is InChI=1S/C13H32O5Si4/c1-12(2)13(14)15-10-22(11-16-19-3,17-20(4,5)6)18-21(7,8)9/h1,10-11,19H2,2-9H3. The maximum atomic E-state index is 11.8. The number of hydrogen-bond donors (Lipinski definition) is 0. The maximum Gasteiger partial charge on any atom is 0.381 e. The molecule has 0 aliphatic rings. The average molecular weight is 381 g/mol. The Morgan fingerprint density at radius 2 is 1.45 bits per heavy atom. The smallest absolute Gasteiger partial charge is 0.381 e. The Kier molecular flexibility index (Phi) is 8.69. The molecule has 0 rings (SSSR count). The Morgan fingerprint density at radius 3 is 1.77 bits per heavy atom. The first-order valence-electron chi connectivity index (χ1n) is 7.61. The summed E-state index contributed by atoms with van der Waals surface area (Å²) in [4.78, 5) is 11.8. The van der Waals surface area contributed by atoms with Crippen LogP contribution in [-0.4, -0.2) is 53.4 Å². The van der Waals surface area contributed by atoms with E-state index >= 15 is 0 Å². The third kappa shape index (κ3) is 9.87. The lowest BCUT2D eigenvalue weighted by Gasteiger charge is -2.40. The Balaban J connectivity index is 5.33. The highest BCUT2D eigenvalue weighted by atomic mass is 28.5. The van der Waals surface area contributed by atoms with Crippen LogP contribution >= 0.6 is 0 Å². The van der Waals surface area contributed by atoms with E-state index in [1.165, 1.54) is 0 Å². The van der Waals surface area contributed by atoms with Gasteiger partial charge in [-0.1, -0.05) is 13.1 Å². The van der Waals surface area contributed by atoms with Gasteiger partial charge in [-0.25, -0.2) is 4.79 Å². The van der Waals surface area contributed by atoms with Crippen molar-refractivity contribution >= 4 is 40.9 Å². The molecule has 0 N–H and O–H groups in total. The van der Waals surface area contributed by atoms with Gasteiger partial charge in [-0.3, -0.25) is 0 Å². The molecule has 0 radical (unpaired) electrons. The number of carbonyl (C=O) groups excluding carboxylic acids is 1. The van der Waals surface area contributed by atoms with Crippen LogP contribution in [0.2, 0.25) is 45.8 Å². The van der Waals surface area contributed by atoms with Crippen LogP contribution in [0.15, 0.2) is 12.2 Å². The summed E-state index contributed by atoms with van der Waals surface area (Å²) in [5.74, 6) is -0.399. The molecule has 0 aromatic rings. The lowest BCUT2D eigenvalue weighted by molar-refractivity contribution is -0.137. The monoisotopic (exact) mass is 380 g/mol. The van der Waals surface area contributed by atoms with E-state index in [0.29, 0.717) is 11.8 Å². The van der Waals surface area contributed by atoms with Gasteiger partial charge in [-0.05, 0) is 46.2 Å². The van der Waals surface area contributed by atoms with Crippen molar-refractivity contribution in [2.24, 2.45) is 0 Å². The lowest BCUT2D eigenvalue weighted by Crippen LogP contribution is -2.61. The van der Waals surface area contributed by atoms with Crippen molar-refractivity contribution in [3.8, 4) is 0 Å². The number of rotatable bonds is 10. The largest absolute Gasteiger partial charge is 0.460 e. The maximum absolute atomic E-state index is 11.8. The lowest BCUT2D eigenvalue weighted by atomic mass is 10.4. The first-order valence-corrected chi connectivity index (χ1v) is 18.6. The zero-order valence-corrected chi connectivity index (χ0v) is 19.8. The predicted octanol–water partition coefficient (Wildman–Crippen LogP) is 2.48. The molecule has 0 amide bonds. The molecular weight excluding hydrogens is 348 g/mol. The minimum Gasteiger partial charge on any atom is -0.460 e. The van der Waals surface area contributed by atoms with Crippen LogP contribution in [-0.2, 0) is 22.2 Å². The highest BCUT2D eigenvalue weighted by Gasteiger charge is 2.46. The van der Waals surface area contributed by atoms with Crippen LogP contribution in [0.5, 0.6) is 0 Å². The summed E-state index contributed by atoms with van der Waals surface area (Å²) in [5, 5.41) is 0. The van der Waals surface area contributed by atoms with Crippen molar-refractivity contribution in [2.45, 2.75) is 52.8 Å².